The van der Waals surface area contributed by atoms with Gasteiger partial charge in [0.15, 0.2) is 0 Å². The van der Waals surface area contributed by atoms with E-state index in [0.717, 1.165) is 5.56 Å². The van der Waals surface area contributed by atoms with Crippen LogP contribution in [0.2, 0.25) is 0 Å². The molecule has 0 unspecified atom stereocenters. The number of hydrogen-bond acceptors (Lipinski definition) is 4. The second-order valence-electron chi connectivity index (χ2n) is 4.96. The molecule has 1 aliphatic rings. The largest absolute Gasteiger partial charge is 0.399 e. The summed E-state index contributed by atoms with van der Waals surface area (Å²) in [6, 6.07) is 7.24. The minimum atomic E-state index is -3.16. The molecule has 1 aliphatic heterocycles. The van der Waals surface area contributed by atoms with Gasteiger partial charge >= 0.3 is 0 Å². The highest BCUT2D eigenvalue weighted by Crippen LogP contribution is 2.11. The predicted molar refractivity (Wildman–Crippen MR) is 77.6 cm³/mol. The highest BCUT2D eigenvalue weighted by atomic mass is 32.2. The molecule has 1 saturated heterocycles. The first-order valence-electron chi connectivity index (χ1n) is 6.43. The van der Waals surface area contributed by atoms with E-state index in [1.165, 1.54) is 10.6 Å². The summed E-state index contributed by atoms with van der Waals surface area (Å²) in [5.41, 5.74) is 7.19. The summed E-state index contributed by atoms with van der Waals surface area (Å²) in [7, 11) is -3.16. The quantitative estimate of drug-likeness (QED) is 0.791. The van der Waals surface area contributed by atoms with Crippen LogP contribution in [0.3, 0.4) is 0 Å². The molecule has 0 bridgehead atoms. The van der Waals surface area contributed by atoms with Crippen LogP contribution in [-0.2, 0) is 21.2 Å². The summed E-state index contributed by atoms with van der Waals surface area (Å²) in [4.78, 5) is 13.9. The molecule has 2 N–H and O–H groups in total. The molecule has 0 aliphatic carbocycles. The van der Waals surface area contributed by atoms with Gasteiger partial charge in [0, 0.05) is 31.9 Å². The smallest absolute Gasteiger partial charge is 0.227 e. The maximum Gasteiger partial charge on any atom is 0.227 e. The Labute approximate surface area is 119 Å². The van der Waals surface area contributed by atoms with Crippen LogP contribution in [0.4, 0.5) is 5.69 Å². The van der Waals surface area contributed by atoms with Crippen molar-refractivity contribution in [1.29, 1.82) is 0 Å². The Balaban J connectivity index is 1.92. The van der Waals surface area contributed by atoms with Crippen molar-refractivity contribution in [2.24, 2.45) is 0 Å². The third-order valence-corrected chi connectivity index (χ3v) is 4.67. The third-order valence-electron chi connectivity index (χ3n) is 3.37. The summed E-state index contributed by atoms with van der Waals surface area (Å²) in [6.45, 7) is 1.60. The number of sulfonamides is 1. The maximum absolute atomic E-state index is 12.2. The Morgan fingerprint density at radius 2 is 1.90 bits per heavy atom. The second kappa shape index (κ2) is 5.80. The molecule has 1 heterocycles. The van der Waals surface area contributed by atoms with Gasteiger partial charge in [-0.3, -0.25) is 4.79 Å². The normalized spacial score (nSPS) is 17.1. The van der Waals surface area contributed by atoms with Gasteiger partial charge in [-0.2, -0.15) is 4.31 Å². The van der Waals surface area contributed by atoms with Crippen LogP contribution in [0.15, 0.2) is 24.3 Å². The van der Waals surface area contributed by atoms with Crippen LogP contribution in [-0.4, -0.2) is 56.0 Å². The van der Waals surface area contributed by atoms with Crippen molar-refractivity contribution < 1.29 is 13.2 Å². The van der Waals surface area contributed by atoms with E-state index in [0.29, 0.717) is 38.3 Å². The standard InChI is InChI=1S/C13H19N3O3S/c1-20(18,19)16-7-5-15(6-8-16)13(17)10-11-3-2-4-12(14)9-11/h2-4,9H,5-8,10,14H2,1H3. The molecule has 0 spiro atoms. The molecule has 0 saturated carbocycles. The molecule has 0 aromatic heterocycles. The van der Waals surface area contributed by atoms with Crippen molar-refractivity contribution in [3.05, 3.63) is 29.8 Å². The van der Waals surface area contributed by atoms with Crippen molar-refractivity contribution >= 4 is 21.6 Å². The lowest BCUT2D eigenvalue weighted by atomic mass is 10.1. The van der Waals surface area contributed by atoms with Gasteiger partial charge in [-0.1, -0.05) is 12.1 Å². The van der Waals surface area contributed by atoms with E-state index in [2.05, 4.69) is 0 Å². The monoisotopic (exact) mass is 297 g/mol. The van der Waals surface area contributed by atoms with Gasteiger partial charge in [0.25, 0.3) is 0 Å². The average Bonchev–Trinajstić information content (AvgIpc) is 2.38. The van der Waals surface area contributed by atoms with Crippen molar-refractivity contribution in [2.75, 3.05) is 38.2 Å². The topological polar surface area (TPSA) is 83.7 Å². The molecule has 1 amide bonds. The van der Waals surface area contributed by atoms with Gasteiger partial charge in [0.05, 0.1) is 12.7 Å². The van der Waals surface area contributed by atoms with Crippen molar-refractivity contribution in [1.82, 2.24) is 9.21 Å². The second-order valence-corrected chi connectivity index (χ2v) is 6.95. The zero-order chi connectivity index (χ0) is 14.8. The number of amides is 1. The van der Waals surface area contributed by atoms with Crippen LogP contribution < -0.4 is 5.73 Å². The van der Waals surface area contributed by atoms with Crippen LogP contribution in [0, 0.1) is 0 Å². The van der Waals surface area contributed by atoms with E-state index in [4.69, 9.17) is 5.73 Å². The van der Waals surface area contributed by atoms with Gasteiger partial charge in [0.2, 0.25) is 15.9 Å². The van der Waals surface area contributed by atoms with E-state index in [9.17, 15) is 13.2 Å². The molecule has 1 fully saturated rings. The highest BCUT2D eigenvalue weighted by Gasteiger charge is 2.25. The fourth-order valence-electron chi connectivity index (χ4n) is 2.26. The van der Waals surface area contributed by atoms with Crippen LogP contribution in [0.1, 0.15) is 5.56 Å². The van der Waals surface area contributed by atoms with Crippen LogP contribution in [0.5, 0.6) is 0 Å². The number of carbonyl (C=O) groups excluding carboxylic acids is 1. The molecule has 1 aromatic rings. The predicted octanol–water partition coefficient (Wildman–Crippen LogP) is -0.0849. The number of anilines is 1. The van der Waals surface area contributed by atoms with Crippen LogP contribution in [0.25, 0.3) is 0 Å². The van der Waals surface area contributed by atoms with E-state index in [1.54, 1.807) is 17.0 Å². The maximum atomic E-state index is 12.2. The Hall–Kier alpha value is -1.60. The number of rotatable bonds is 3. The average molecular weight is 297 g/mol. The van der Waals surface area contributed by atoms with Gasteiger partial charge in [-0.05, 0) is 17.7 Å². The summed E-state index contributed by atoms with van der Waals surface area (Å²) < 4.78 is 24.2. The van der Waals surface area contributed by atoms with E-state index >= 15 is 0 Å². The molecule has 6 nitrogen and oxygen atoms in total. The lowest BCUT2D eigenvalue weighted by Gasteiger charge is -2.33. The molecule has 20 heavy (non-hydrogen) atoms. The zero-order valence-corrected chi connectivity index (χ0v) is 12.3. The van der Waals surface area contributed by atoms with Crippen molar-refractivity contribution in [2.45, 2.75) is 6.42 Å². The first-order chi connectivity index (χ1) is 9.36. The van der Waals surface area contributed by atoms with Gasteiger partial charge in [-0.15, -0.1) is 0 Å². The molecule has 0 radical (unpaired) electrons. The first kappa shape index (κ1) is 14.8. The summed E-state index contributed by atoms with van der Waals surface area (Å²) in [5.74, 6) is 0.00347. The Kier molecular flexibility index (Phi) is 4.29. The molecule has 1 aromatic carbocycles. The summed E-state index contributed by atoms with van der Waals surface area (Å²) in [6.07, 6.45) is 1.49. The summed E-state index contributed by atoms with van der Waals surface area (Å²) >= 11 is 0. The molecule has 7 heteroatoms. The minimum Gasteiger partial charge on any atom is -0.399 e. The Morgan fingerprint density at radius 1 is 1.25 bits per heavy atom. The number of nitrogens with two attached hydrogens (primary N) is 1. The lowest BCUT2D eigenvalue weighted by Crippen LogP contribution is -2.50. The van der Waals surface area contributed by atoms with E-state index < -0.39 is 10.0 Å². The molecule has 2 rings (SSSR count). The fourth-order valence-corrected chi connectivity index (χ4v) is 3.09. The lowest BCUT2D eigenvalue weighted by molar-refractivity contribution is -0.131. The van der Waals surface area contributed by atoms with E-state index in [-0.39, 0.29) is 5.91 Å². The van der Waals surface area contributed by atoms with Crippen LogP contribution >= 0.6 is 0 Å². The highest BCUT2D eigenvalue weighted by molar-refractivity contribution is 7.88. The number of carbonyl (C=O) groups is 1. The molecular formula is C13H19N3O3S. The Morgan fingerprint density at radius 3 is 2.45 bits per heavy atom. The minimum absolute atomic E-state index is 0.00347. The summed E-state index contributed by atoms with van der Waals surface area (Å²) in [5, 5.41) is 0. The van der Waals surface area contributed by atoms with E-state index in [1.807, 2.05) is 12.1 Å². The number of nitrogens with zero attached hydrogens (tertiary/aromatic N) is 2. The molecular weight excluding hydrogens is 278 g/mol. The number of hydrogen-bond donors (Lipinski definition) is 1. The van der Waals surface area contributed by atoms with Crippen molar-refractivity contribution in [3.8, 4) is 0 Å². The zero-order valence-electron chi connectivity index (χ0n) is 11.4. The SMILES string of the molecule is CS(=O)(=O)N1CCN(C(=O)Cc2cccc(N)c2)CC1. The van der Waals surface area contributed by atoms with Crippen molar-refractivity contribution in [3.63, 3.8) is 0 Å². The number of piperazine rings is 1. The number of nitrogen functional groups attached to an aromatic ring is 1. The fraction of sp³-hybridized carbons (Fsp3) is 0.462. The van der Waals surface area contributed by atoms with Gasteiger partial charge in [-0.25, -0.2) is 8.42 Å². The first-order valence-corrected chi connectivity index (χ1v) is 8.28. The third kappa shape index (κ3) is 3.71. The van der Waals surface area contributed by atoms with Gasteiger partial charge in [0.1, 0.15) is 0 Å². The molecule has 0 atom stereocenters. The number of benzene rings is 1. The van der Waals surface area contributed by atoms with Gasteiger partial charge < -0.3 is 10.6 Å². The Bertz CT molecular complexity index is 593. The molecule has 110 valence electrons.